The number of halogens is 4. The van der Waals surface area contributed by atoms with Gasteiger partial charge in [-0.05, 0) is 25.7 Å². The zero-order valence-corrected chi connectivity index (χ0v) is 7.52. The van der Waals surface area contributed by atoms with Crippen LogP contribution >= 0.6 is 0 Å². The molecule has 6 heteroatoms. The van der Waals surface area contributed by atoms with Gasteiger partial charge in [0.15, 0.2) is 0 Å². The highest BCUT2D eigenvalue weighted by atomic mass is 19.3. The van der Waals surface area contributed by atoms with Gasteiger partial charge in [-0.2, -0.15) is 8.78 Å². The van der Waals surface area contributed by atoms with Crippen molar-refractivity contribution in [3.63, 3.8) is 0 Å². The standard InChI is InChI=1S/C8H13F4NO/c9-6(10)8(11,12)7(13)3-1-5(14)2-4-7/h5-6,14H,1-4,13H2. The molecule has 0 radical (unpaired) electrons. The van der Waals surface area contributed by atoms with Gasteiger partial charge >= 0.3 is 12.3 Å². The fourth-order valence-electron chi connectivity index (χ4n) is 1.67. The third kappa shape index (κ3) is 1.86. The molecule has 1 fully saturated rings. The van der Waals surface area contributed by atoms with Crippen molar-refractivity contribution < 1.29 is 22.7 Å². The van der Waals surface area contributed by atoms with E-state index in [-0.39, 0.29) is 25.7 Å². The summed E-state index contributed by atoms with van der Waals surface area (Å²) >= 11 is 0. The third-order valence-corrected chi connectivity index (χ3v) is 2.79. The third-order valence-electron chi connectivity index (χ3n) is 2.79. The predicted molar refractivity (Wildman–Crippen MR) is 42.3 cm³/mol. The average Bonchev–Trinajstić information content (AvgIpc) is 2.10. The minimum atomic E-state index is -4.17. The van der Waals surface area contributed by atoms with E-state index < -0.39 is 24.0 Å². The van der Waals surface area contributed by atoms with Crippen LogP contribution < -0.4 is 5.73 Å². The van der Waals surface area contributed by atoms with Gasteiger partial charge < -0.3 is 10.8 Å². The topological polar surface area (TPSA) is 46.2 Å². The van der Waals surface area contributed by atoms with Crippen LogP contribution in [0.25, 0.3) is 0 Å². The summed E-state index contributed by atoms with van der Waals surface area (Å²) in [5.41, 5.74) is 3.09. The molecule has 14 heavy (non-hydrogen) atoms. The Morgan fingerprint density at radius 1 is 1.29 bits per heavy atom. The lowest BCUT2D eigenvalue weighted by molar-refractivity contribution is -0.186. The molecule has 84 valence electrons. The van der Waals surface area contributed by atoms with Crippen molar-refractivity contribution in [2.45, 2.75) is 49.7 Å². The normalized spacial score (nSPS) is 34.9. The molecule has 1 rings (SSSR count). The Labute approximate surface area is 79.1 Å². The smallest absolute Gasteiger partial charge is 0.324 e. The van der Waals surface area contributed by atoms with Gasteiger partial charge in [0.1, 0.15) is 0 Å². The summed E-state index contributed by atoms with van der Waals surface area (Å²) in [6.07, 6.45) is -4.88. The highest BCUT2D eigenvalue weighted by Gasteiger charge is 2.58. The Morgan fingerprint density at radius 2 is 1.71 bits per heavy atom. The van der Waals surface area contributed by atoms with Crippen molar-refractivity contribution in [3.05, 3.63) is 0 Å². The lowest BCUT2D eigenvalue weighted by atomic mass is 9.77. The molecule has 0 aromatic carbocycles. The maximum absolute atomic E-state index is 13.0. The Hall–Kier alpha value is -0.360. The molecular weight excluding hydrogens is 202 g/mol. The molecular formula is C8H13F4NO. The zero-order chi connectivity index (χ0) is 11.0. The Balaban J connectivity index is 2.75. The van der Waals surface area contributed by atoms with Crippen molar-refractivity contribution in [2.24, 2.45) is 5.73 Å². The van der Waals surface area contributed by atoms with E-state index in [0.717, 1.165) is 0 Å². The van der Waals surface area contributed by atoms with E-state index in [1.54, 1.807) is 0 Å². The second kappa shape index (κ2) is 3.66. The van der Waals surface area contributed by atoms with E-state index in [1.165, 1.54) is 0 Å². The lowest BCUT2D eigenvalue weighted by Crippen LogP contribution is -2.61. The molecule has 1 saturated carbocycles. The average molecular weight is 215 g/mol. The molecule has 0 spiro atoms. The minimum absolute atomic E-state index is 0.0544. The first-order valence-corrected chi connectivity index (χ1v) is 4.42. The van der Waals surface area contributed by atoms with Crippen LogP contribution in [-0.2, 0) is 0 Å². The number of rotatable bonds is 2. The lowest BCUT2D eigenvalue weighted by Gasteiger charge is -2.40. The summed E-state index contributed by atoms with van der Waals surface area (Å²) in [7, 11) is 0. The number of nitrogens with two attached hydrogens (primary N) is 1. The molecule has 0 saturated heterocycles. The van der Waals surface area contributed by atoms with Crippen molar-refractivity contribution in [3.8, 4) is 0 Å². The first kappa shape index (κ1) is 11.7. The fourth-order valence-corrected chi connectivity index (χ4v) is 1.67. The quantitative estimate of drug-likeness (QED) is 0.686. The van der Waals surface area contributed by atoms with Crippen molar-refractivity contribution >= 4 is 0 Å². The second-order valence-electron chi connectivity index (χ2n) is 3.81. The molecule has 0 unspecified atom stereocenters. The number of hydrogen-bond acceptors (Lipinski definition) is 2. The summed E-state index contributed by atoms with van der Waals surface area (Å²) in [4.78, 5) is 0. The molecule has 0 bridgehead atoms. The Morgan fingerprint density at radius 3 is 2.07 bits per heavy atom. The number of hydrogen-bond donors (Lipinski definition) is 2. The molecule has 0 aromatic heterocycles. The van der Waals surface area contributed by atoms with E-state index >= 15 is 0 Å². The van der Waals surface area contributed by atoms with Gasteiger partial charge in [0.25, 0.3) is 0 Å². The van der Waals surface area contributed by atoms with Gasteiger partial charge in [0, 0.05) is 0 Å². The number of alkyl halides is 4. The molecule has 3 N–H and O–H groups in total. The van der Waals surface area contributed by atoms with E-state index in [0.29, 0.717) is 0 Å². The van der Waals surface area contributed by atoms with Crippen LogP contribution in [-0.4, -0.2) is 29.1 Å². The van der Waals surface area contributed by atoms with Gasteiger partial charge in [-0.3, -0.25) is 0 Å². The molecule has 0 aliphatic heterocycles. The summed E-state index contributed by atoms with van der Waals surface area (Å²) in [6, 6.07) is 0. The van der Waals surface area contributed by atoms with E-state index in [2.05, 4.69) is 0 Å². The van der Waals surface area contributed by atoms with Gasteiger partial charge in [-0.15, -0.1) is 0 Å². The maximum Gasteiger partial charge on any atom is 0.324 e. The van der Waals surface area contributed by atoms with Crippen LogP contribution in [0.3, 0.4) is 0 Å². The molecule has 1 aliphatic rings. The van der Waals surface area contributed by atoms with E-state index in [9.17, 15) is 17.6 Å². The largest absolute Gasteiger partial charge is 0.393 e. The maximum atomic E-state index is 13.0. The monoisotopic (exact) mass is 215 g/mol. The summed E-state index contributed by atoms with van der Waals surface area (Å²) in [6.45, 7) is 0. The van der Waals surface area contributed by atoms with Crippen molar-refractivity contribution in [2.75, 3.05) is 0 Å². The van der Waals surface area contributed by atoms with Gasteiger partial charge in [0.2, 0.25) is 0 Å². The van der Waals surface area contributed by atoms with E-state index in [4.69, 9.17) is 10.8 Å². The minimum Gasteiger partial charge on any atom is -0.393 e. The predicted octanol–water partition coefficient (Wildman–Crippen LogP) is 1.52. The van der Waals surface area contributed by atoms with Gasteiger partial charge in [-0.1, -0.05) is 0 Å². The van der Waals surface area contributed by atoms with Crippen LogP contribution in [0, 0.1) is 0 Å². The van der Waals surface area contributed by atoms with E-state index in [1.807, 2.05) is 0 Å². The molecule has 0 atom stereocenters. The van der Waals surface area contributed by atoms with Crippen LogP contribution in [0.2, 0.25) is 0 Å². The van der Waals surface area contributed by atoms with Crippen LogP contribution in [0.15, 0.2) is 0 Å². The second-order valence-corrected chi connectivity index (χ2v) is 3.81. The van der Waals surface area contributed by atoms with Crippen molar-refractivity contribution in [1.82, 2.24) is 0 Å². The molecule has 0 heterocycles. The van der Waals surface area contributed by atoms with Crippen molar-refractivity contribution in [1.29, 1.82) is 0 Å². The fraction of sp³-hybridized carbons (Fsp3) is 1.00. The SMILES string of the molecule is NC1(C(F)(F)C(F)F)CCC(O)CC1. The first-order valence-electron chi connectivity index (χ1n) is 4.42. The first-order chi connectivity index (χ1) is 6.29. The zero-order valence-electron chi connectivity index (χ0n) is 7.52. The summed E-state index contributed by atoms with van der Waals surface area (Å²) in [5, 5.41) is 9.06. The number of aliphatic hydroxyl groups is 1. The molecule has 1 aliphatic carbocycles. The highest BCUT2D eigenvalue weighted by molar-refractivity contribution is 5.02. The van der Waals surface area contributed by atoms with Crippen LogP contribution in [0.1, 0.15) is 25.7 Å². The summed E-state index contributed by atoms with van der Waals surface area (Å²) < 4.78 is 50.1. The molecule has 0 amide bonds. The van der Waals surface area contributed by atoms with Gasteiger partial charge in [-0.25, -0.2) is 8.78 Å². The van der Waals surface area contributed by atoms with Crippen LogP contribution in [0.4, 0.5) is 17.6 Å². The van der Waals surface area contributed by atoms with Gasteiger partial charge in [0.05, 0.1) is 11.6 Å². The summed E-state index contributed by atoms with van der Waals surface area (Å²) in [5.74, 6) is -4.17. The Bertz CT molecular complexity index is 202. The Kier molecular flexibility index (Phi) is 3.06. The molecule has 2 nitrogen and oxygen atoms in total. The molecule has 0 aromatic rings. The number of aliphatic hydroxyl groups excluding tert-OH is 1. The highest BCUT2D eigenvalue weighted by Crippen LogP contribution is 2.42. The van der Waals surface area contributed by atoms with Crippen LogP contribution in [0.5, 0.6) is 0 Å².